The molecule has 3 aliphatic rings. The molecule has 0 bridgehead atoms. The maximum atomic E-state index is 2.56. The van der Waals surface area contributed by atoms with Crippen LogP contribution in [-0.2, 0) is 10.8 Å². The van der Waals surface area contributed by atoms with E-state index in [0.29, 0.717) is 0 Å². The average Bonchev–Trinajstić information content (AvgIpc) is 3.63. The minimum atomic E-state index is -0.0388. The fourth-order valence-electron chi connectivity index (χ4n) is 10.4. The molecule has 1 nitrogen and oxygen atoms in total. The van der Waals surface area contributed by atoms with E-state index in [1.165, 1.54) is 83.1 Å². The van der Waals surface area contributed by atoms with Crippen molar-refractivity contribution in [2.24, 2.45) is 0 Å². The summed E-state index contributed by atoms with van der Waals surface area (Å²) in [6, 6.07) is 66.1. The first-order valence-electron chi connectivity index (χ1n) is 18.4. The summed E-state index contributed by atoms with van der Waals surface area (Å²) >= 11 is 0. The monoisotopic (exact) mass is 651 g/mol. The van der Waals surface area contributed by atoms with Gasteiger partial charge in [-0.2, -0.15) is 0 Å². The summed E-state index contributed by atoms with van der Waals surface area (Å²) in [5.41, 5.74) is 15.4. The molecule has 51 heavy (non-hydrogen) atoms. The lowest BCUT2D eigenvalue weighted by atomic mass is 9.57. The Hall–Kier alpha value is -5.92. The van der Waals surface area contributed by atoms with Gasteiger partial charge in [-0.15, -0.1) is 0 Å². The summed E-state index contributed by atoms with van der Waals surface area (Å²) < 4.78 is 0. The molecule has 0 radical (unpaired) electrons. The van der Waals surface area contributed by atoms with Gasteiger partial charge in [0.1, 0.15) is 0 Å². The van der Waals surface area contributed by atoms with E-state index in [9.17, 15) is 0 Å². The van der Waals surface area contributed by atoms with Crippen LogP contribution in [0.3, 0.4) is 0 Å². The highest BCUT2D eigenvalue weighted by Crippen LogP contribution is 2.64. The van der Waals surface area contributed by atoms with Crippen LogP contribution in [0.1, 0.15) is 47.9 Å². The van der Waals surface area contributed by atoms with Crippen LogP contribution in [0.4, 0.5) is 17.1 Å². The highest BCUT2D eigenvalue weighted by molar-refractivity contribution is 6.05. The van der Waals surface area contributed by atoms with E-state index in [4.69, 9.17) is 0 Å². The van der Waals surface area contributed by atoms with Gasteiger partial charge >= 0.3 is 0 Å². The molecule has 1 heteroatoms. The third kappa shape index (κ3) is 3.98. The number of fused-ring (bicyclic) bond motifs is 12. The zero-order valence-electron chi connectivity index (χ0n) is 28.5. The van der Waals surface area contributed by atoms with E-state index in [2.05, 4.69) is 181 Å². The third-order valence-electron chi connectivity index (χ3n) is 12.7. The van der Waals surface area contributed by atoms with E-state index >= 15 is 0 Å². The van der Waals surface area contributed by atoms with Gasteiger partial charge in [-0.3, -0.25) is 0 Å². The van der Waals surface area contributed by atoms with Gasteiger partial charge in [0, 0.05) is 27.3 Å². The first kappa shape index (κ1) is 28.9. The molecular formula is C50H37N. The fourth-order valence-corrected chi connectivity index (χ4v) is 10.4. The number of hydrogen-bond donors (Lipinski definition) is 0. The summed E-state index contributed by atoms with van der Waals surface area (Å²) in [5, 5.41) is 5.01. The second-order valence-corrected chi connectivity index (χ2v) is 14.9. The number of hydrogen-bond acceptors (Lipinski definition) is 1. The molecule has 3 aliphatic carbocycles. The van der Waals surface area contributed by atoms with Gasteiger partial charge in [0.05, 0.1) is 11.4 Å². The molecule has 1 saturated carbocycles. The maximum absolute atomic E-state index is 2.56. The highest BCUT2D eigenvalue weighted by Gasteiger charge is 2.53. The van der Waals surface area contributed by atoms with Crippen molar-refractivity contribution in [1.29, 1.82) is 0 Å². The predicted molar refractivity (Wildman–Crippen MR) is 213 cm³/mol. The third-order valence-corrected chi connectivity index (χ3v) is 12.7. The predicted octanol–water partition coefficient (Wildman–Crippen LogP) is 13.3. The summed E-state index contributed by atoms with van der Waals surface area (Å²) in [6.45, 7) is 0. The van der Waals surface area contributed by atoms with Gasteiger partial charge < -0.3 is 4.90 Å². The van der Waals surface area contributed by atoms with Crippen LogP contribution in [0.25, 0.3) is 43.8 Å². The van der Waals surface area contributed by atoms with Crippen LogP contribution in [0.15, 0.2) is 176 Å². The molecule has 11 rings (SSSR count). The molecule has 0 saturated heterocycles. The lowest BCUT2D eigenvalue weighted by Gasteiger charge is -2.45. The quantitative estimate of drug-likeness (QED) is 0.184. The lowest BCUT2D eigenvalue weighted by Crippen LogP contribution is -2.39. The van der Waals surface area contributed by atoms with Crippen molar-refractivity contribution in [3.8, 4) is 22.3 Å². The minimum absolute atomic E-state index is 0.0388. The Kier molecular flexibility index (Phi) is 6.11. The smallest absolute Gasteiger partial charge is 0.0540 e. The highest BCUT2D eigenvalue weighted by atomic mass is 15.1. The van der Waals surface area contributed by atoms with Crippen LogP contribution < -0.4 is 4.90 Å². The van der Waals surface area contributed by atoms with Crippen LogP contribution in [0.5, 0.6) is 0 Å². The molecule has 1 fully saturated rings. The first-order chi connectivity index (χ1) is 25.3. The SMILES string of the molecule is c1ccc2c(c1)-c1ccccc1C21CCC2(CC1)c1ccccc1-c1ccc(N(c3cccc4ccccc34)c3cccc4ccccc34)cc12. The van der Waals surface area contributed by atoms with Crippen molar-refractivity contribution < 1.29 is 0 Å². The Morgan fingerprint density at radius 3 is 1.24 bits per heavy atom. The number of benzene rings is 8. The zero-order chi connectivity index (χ0) is 33.6. The summed E-state index contributed by atoms with van der Waals surface area (Å²) in [5.74, 6) is 0. The van der Waals surface area contributed by atoms with E-state index in [0.717, 1.165) is 25.7 Å². The van der Waals surface area contributed by atoms with E-state index in [1.54, 1.807) is 0 Å². The molecule has 0 atom stereocenters. The molecule has 8 aromatic rings. The minimum Gasteiger partial charge on any atom is -0.309 e. The molecule has 0 unspecified atom stereocenters. The van der Waals surface area contributed by atoms with Gasteiger partial charge in [-0.05, 0) is 105 Å². The molecule has 242 valence electrons. The van der Waals surface area contributed by atoms with Gasteiger partial charge in [0.25, 0.3) is 0 Å². The Bertz CT molecular complexity index is 2540. The molecule has 0 aliphatic heterocycles. The van der Waals surface area contributed by atoms with E-state index < -0.39 is 0 Å². The van der Waals surface area contributed by atoms with Crippen molar-refractivity contribution in [2.45, 2.75) is 36.5 Å². The Morgan fingerprint density at radius 2 is 0.725 bits per heavy atom. The molecule has 0 amide bonds. The largest absolute Gasteiger partial charge is 0.309 e. The Labute approximate surface area is 299 Å². The van der Waals surface area contributed by atoms with Crippen molar-refractivity contribution in [2.75, 3.05) is 4.90 Å². The van der Waals surface area contributed by atoms with Crippen LogP contribution in [-0.4, -0.2) is 0 Å². The first-order valence-corrected chi connectivity index (χ1v) is 18.4. The summed E-state index contributed by atoms with van der Waals surface area (Å²) in [4.78, 5) is 2.52. The molecule has 2 spiro atoms. The van der Waals surface area contributed by atoms with Crippen molar-refractivity contribution >= 4 is 38.6 Å². The molecular weight excluding hydrogens is 615 g/mol. The van der Waals surface area contributed by atoms with Crippen molar-refractivity contribution in [1.82, 2.24) is 0 Å². The van der Waals surface area contributed by atoms with Crippen LogP contribution >= 0.6 is 0 Å². The Morgan fingerprint density at radius 1 is 0.333 bits per heavy atom. The number of rotatable bonds is 3. The maximum Gasteiger partial charge on any atom is 0.0540 e. The summed E-state index contributed by atoms with van der Waals surface area (Å²) in [6.07, 6.45) is 4.50. The topological polar surface area (TPSA) is 3.24 Å². The average molecular weight is 652 g/mol. The van der Waals surface area contributed by atoms with Crippen molar-refractivity contribution in [3.05, 3.63) is 198 Å². The second-order valence-electron chi connectivity index (χ2n) is 14.9. The number of nitrogens with zero attached hydrogens (tertiary/aromatic N) is 1. The fraction of sp³-hybridized carbons (Fsp3) is 0.120. The molecule has 0 heterocycles. The van der Waals surface area contributed by atoms with E-state index in [-0.39, 0.29) is 10.8 Å². The van der Waals surface area contributed by atoms with Gasteiger partial charge in [0.2, 0.25) is 0 Å². The molecule has 0 aromatic heterocycles. The molecule has 8 aromatic carbocycles. The van der Waals surface area contributed by atoms with Crippen molar-refractivity contribution in [3.63, 3.8) is 0 Å². The van der Waals surface area contributed by atoms with Gasteiger partial charge in [-0.1, -0.05) is 152 Å². The number of anilines is 3. The summed E-state index contributed by atoms with van der Waals surface area (Å²) in [7, 11) is 0. The zero-order valence-corrected chi connectivity index (χ0v) is 28.5. The van der Waals surface area contributed by atoms with Crippen LogP contribution in [0.2, 0.25) is 0 Å². The normalized spacial score (nSPS) is 15.8. The van der Waals surface area contributed by atoms with Gasteiger partial charge in [-0.25, -0.2) is 0 Å². The molecule has 0 N–H and O–H groups in total. The standard InChI is InChI=1S/C50H37N/c1-3-17-37-34(13-1)15-11-25-47(37)51(48-26-12-16-35-14-2-4-18-38(35)48)36-27-28-42-41-21-7-10-24-45(41)50(46(42)33-36)31-29-49(30-32-50)43-22-8-5-19-39(43)40-20-6-9-23-44(40)49/h1-28,33H,29-32H2. The van der Waals surface area contributed by atoms with E-state index in [1.807, 2.05) is 0 Å². The van der Waals surface area contributed by atoms with Crippen LogP contribution in [0, 0.1) is 0 Å². The Balaban J connectivity index is 1.11. The van der Waals surface area contributed by atoms with Gasteiger partial charge in [0.15, 0.2) is 0 Å². The lowest BCUT2D eigenvalue weighted by molar-refractivity contribution is 0.265. The second kappa shape index (κ2) is 10.8.